The maximum Gasteiger partial charge on any atom is 0.191 e. The first-order valence-electron chi connectivity index (χ1n) is 8.78. The summed E-state index contributed by atoms with van der Waals surface area (Å²) in [5.41, 5.74) is 2.17. The molecule has 0 bridgehead atoms. The van der Waals surface area contributed by atoms with Gasteiger partial charge in [0.15, 0.2) is 5.96 Å². The number of aromatic nitrogens is 3. The van der Waals surface area contributed by atoms with Crippen LogP contribution in [0.5, 0.6) is 5.75 Å². The van der Waals surface area contributed by atoms with E-state index in [4.69, 9.17) is 4.74 Å². The van der Waals surface area contributed by atoms with Crippen molar-refractivity contribution >= 4 is 5.96 Å². The Kier molecular flexibility index (Phi) is 7.67. The number of hydrogen-bond donors (Lipinski definition) is 2. The Morgan fingerprint density at radius 3 is 2.69 bits per heavy atom. The van der Waals surface area contributed by atoms with Gasteiger partial charge in [0.05, 0.1) is 13.7 Å². The zero-order valence-electron chi connectivity index (χ0n) is 15.8. The third kappa shape index (κ3) is 6.23. The minimum Gasteiger partial charge on any atom is -0.497 e. The quantitative estimate of drug-likeness (QED) is 0.409. The summed E-state index contributed by atoms with van der Waals surface area (Å²) in [6.45, 7) is 10.8. The zero-order chi connectivity index (χ0) is 18.8. The number of aliphatic imine (C=N–C) groups is 1. The molecule has 1 aromatic carbocycles. The molecule has 2 rings (SSSR count). The van der Waals surface area contributed by atoms with E-state index in [0.717, 1.165) is 48.2 Å². The molecule has 26 heavy (non-hydrogen) atoms. The van der Waals surface area contributed by atoms with E-state index in [1.54, 1.807) is 13.4 Å². The fraction of sp³-hybridized carbons (Fsp3) is 0.421. The van der Waals surface area contributed by atoms with Crippen LogP contribution in [-0.2, 0) is 19.5 Å². The van der Waals surface area contributed by atoms with E-state index in [-0.39, 0.29) is 0 Å². The number of benzene rings is 1. The van der Waals surface area contributed by atoms with Crippen LogP contribution in [0.3, 0.4) is 0 Å². The standard InChI is InChI=1S/C19H28N6O/c1-5-18-24-23-14-25(18)11-10-20-19(21-12-15(2)3)22-13-16-6-8-17(26-4)9-7-16/h6-9,14H,2,5,10-13H2,1,3-4H3,(H2,20,21,22). The molecule has 140 valence electrons. The highest BCUT2D eigenvalue weighted by Crippen LogP contribution is 2.11. The first-order valence-corrected chi connectivity index (χ1v) is 8.78. The van der Waals surface area contributed by atoms with Crippen LogP contribution in [0.15, 0.2) is 47.7 Å². The topological polar surface area (TPSA) is 76.4 Å². The fourth-order valence-electron chi connectivity index (χ4n) is 2.34. The Balaban J connectivity index is 1.93. The number of rotatable bonds is 9. The van der Waals surface area contributed by atoms with Crippen LogP contribution < -0.4 is 15.4 Å². The third-order valence-electron chi connectivity index (χ3n) is 3.79. The molecule has 1 aromatic heterocycles. The highest BCUT2D eigenvalue weighted by Gasteiger charge is 2.03. The summed E-state index contributed by atoms with van der Waals surface area (Å²) >= 11 is 0. The molecule has 0 atom stereocenters. The summed E-state index contributed by atoms with van der Waals surface area (Å²) in [6, 6.07) is 7.92. The molecular formula is C19H28N6O. The second-order valence-electron chi connectivity index (χ2n) is 6.04. The van der Waals surface area contributed by atoms with Crippen molar-refractivity contribution in [3.05, 3.63) is 54.1 Å². The third-order valence-corrected chi connectivity index (χ3v) is 3.79. The first kappa shape index (κ1) is 19.5. The minimum atomic E-state index is 0.586. The van der Waals surface area contributed by atoms with Gasteiger partial charge in [-0.25, -0.2) is 4.99 Å². The smallest absolute Gasteiger partial charge is 0.191 e. The Morgan fingerprint density at radius 2 is 2.04 bits per heavy atom. The van der Waals surface area contributed by atoms with Crippen molar-refractivity contribution in [2.75, 3.05) is 20.2 Å². The summed E-state index contributed by atoms with van der Waals surface area (Å²) in [7, 11) is 1.66. The highest BCUT2D eigenvalue weighted by molar-refractivity contribution is 5.80. The SMILES string of the molecule is C=C(C)CNC(=NCc1ccc(OC)cc1)NCCn1cnnc1CC. The van der Waals surface area contributed by atoms with E-state index < -0.39 is 0 Å². The molecule has 2 aromatic rings. The van der Waals surface area contributed by atoms with E-state index in [1.807, 2.05) is 35.8 Å². The summed E-state index contributed by atoms with van der Waals surface area (Å²) < 4.78 is 7.23. The summed E-state index contributed by atoms with van der Waals surface area (Å²) in [5.74, 6) is 2.59. The maximum absolute atomic E-state index is 5.18. The van der Waals surface area contributed by atoms with E-state index >= 15 is 0 Å². The molecule has 0 saturated carbocycles. The van der Waals surface area contributed by atoms with Gasteiger partial charge in [-0.05, 0) is 24.6 Å². The summed E-state index contributed by atoms with van der Waals surface area (Å²) in [4.78, 5) is 4.65. The van der Waals surface area contributed by atoms with Crippen LogP contribution in [0, 0.1) is 0 Å². The van der Waals surface area contributed by atoms with Crippen LogP contribution in [0.4, 0.5) is 0 Å². The number of hydrogen-bond acceptors (Lipinski definition) is 4. The van der Waals surface area contributed by atoms with Crippen molar-refractivity contribution in [3.63, 3.8) is 0 Å². The Bertz CT molecular complexity index is 720. The van der Waals surface area contributed by atoms with Gasteiger partial charge in [-0.15, -0.1) is 10.2 Å². The molecule has 0 amide bonds. The van der Waals surface area contributed by atoms with Gasteiger partial charge < -0.3 is 19.9 Å². The average Bonchev–Trinajstić information content (AvgIpc) is 3.11. The molecular weight excluding hydrogens is 328 g/mol. The van der Waals surface area contributed by atoms with E-state index in [0.29, 0.717) is 13.1 Å². The van der Waals surface area contributed by atoms with Crippen molar-refractivity contribution in [3.8, 4) is 5.75 Å². The molecule has 0 unspecified atom stereocenters. The normalized spacial score (nSPS) is 11.3. The second-order valence-corrected chi connectivity index (χ2v) is 6.04. The molecule has 1 heterocycles. The second kappa shape index (κ2) is 10.2. The number of nitrogens with zero attached hydrogens (tertiary/aromatic N) is 4. The lowest BCUT2D eigenvalue weighted by Gasteiger charge is -2.13. The van der Waals surface area contributed by atoms with Gasteiger partial charge in [0.2, 0.25) is 0 Å². The molecule has 0 aliphatic heterocycles. The molecule has 0 aliphatic carbocycles. The molecule has 7 nitrogen and oxygen atoms in total. The maximum atomic E-state index is 5.18. The Labute approximate surface area is 155 Å². The number of aryl methyl sites for hydroxylation is 1. The van der Waals surface area contributed by atoms with E-state index in [9.17, 15) is 0 Å². The van der Waals surface area contributed by atoms with Crippen molar-refractivity contribution in [1.82, 2.24) is 25.4 Å². The average molecular weight is 356 g/mol. The van der Waals surface area contributed by atoms with Gasteiger partial charge in [0.1, 0.15) is 17.9 Å². The van der Waals surface area contributed by atoms with Crippen LogP contribution in [0.2, 0.25) is 0 Å². The van der Waals surface area contributed by atoms with Crippen molar-refractivity contribution in [2.24, 2.45) is 4.99 Å². The minimum absolute atomic E-state index is 0.586. The number of ether oxygens (including phenoxy) is 1. The van der Waals surface area contributed by atoms with Crippen molar-refractivity contribution in [2.45, 2.75) is 33.4 Å². The van der Waals surface area contributed by atoms with E-state index in [1.165, 1.54) is 0 Å². The van der Waals surface area contributed by atoms with E-state index in [2.05, 4.69) is 39.3 Å². The molecule has 0 aliphatic rings. The predicted molar refractivity (Wildman–Crippen MR) is 104 cm³/mol. The van der Waals surface area contributed by atoms with Crippen molar-refractivity contribution in [1.29, 1.82) is 0 Å². The first-order chi connectivity index (χ1) is 12.6. The molecule has 0 fully saturated rings. The number of methoxy groups -OCH3 is 1. The number of guanidine groups is 1. The van der Waals surface area contributed by atoms with Gasteiger partial charge >= 0.3 is 0 Å². The predicted octanol–water partition coefficient (Wildman–Crippen LogP) is 2.16. The zero-order valence-corrected chi connectivity index (χ0v) is 15.8. The van der Waals surface area contributed by atoms with Crippen LogP contribution in [-0.4, -0.2) is 40.9 Å². The molecule has 0 radical (unpaired) electrons. The molecule has 0 spiro atoms. The molecule has 7 heteroatoms. The largest absolute Gasteiger partial charge is 0.497 e. The Morgan fingerprint density at radius 1 is 1.27 bits per heavy atom. The number of nitrogens with one attached hydrogen (secondary N) is 2. The van der Waals surface area contributed by atoms with Crippen LogP contribution in [0.25, 0.3) is 0 Å². The summed E-state index contributed by atoms with van der Waals surface area (Å²) in [5, 5.41) is 14.7. The highest BCUT2D eigenvalue weighted by atomic mass is 16.5. The van der Waals surface area contributed by atoms with Gasteiger partial charge in [0.25, 0.3) is 0 Å². The monoisotopic (exact) mass is 356 g/mol. The Hall–Kier alpha value is -2.83. The van der Waals surface area contributed by atoms with Crippen LogP contribution in [0.1, 0.15) is 25.2 Å². The summed E-state index contributed by atoms with van der Waals surface area (Å²) in [6.07, 6.45) is 2.63. The van der Waals surface area contributed by atoms with Crippen LogP contribution >= 0.6 is 0 Å². The lowest BCUT2D eigenvalue weighted by atomic mass is 10.2. The van der Waals surface area contributed by atoms with Crippen molar-refractivity contribution < 1.29 is 4.74 Å². The van der Waals surface area contributed by atoms with Gasteiger partial charge in [0, 0.05) is 26.1 Å². The molecule has 2 N–H and O–H groups in total. The molecule has 0 saturated heterocycles. The lowest BCUT2D eigenvalue weighted by Crippen LogP contribution is -2.39. The van der Waals surface area contributed by atoms with Gasteiger partial charge in [-0.3, -0.25) is 0 Å². The van der Waals surface area contributed by atoms with Gasteiger partial charge in [-0.2, -0.15) is 0 Å². The fourth-order valence-corrected chi connectivity index (χ4v) is 2.34. The van der Waals surface area contributed by atoms with Gasteiger partial charge in [-0.1, -0.05) is 31.2 Å². The lowest BCUT2D eigenvalue weighted by molar-refractivity contribution is 0.414.